The highest BCUT2D eigenvalue weighted by Crippen LogP contribution is 2.27. The molecule has 1 aliphatic heterocycles. The van der Waals surface area contributed by atoms with Crippen LogP contribution in [-0.4, -0.2) is 44.7 Å². The smallest absolute Gasteiger partial charge is 0.359 e. The maximum atomic E-state index is 12.8. The van der Waals surface area contributed by atoms with Crippen molar-refractivity contribution < 1.29 is 14.3 Å². The third-order valence-corrected chi connectivity index (χ3v) is 4.74. The SMILES string of the molecule is CCOC(=O)c1nn(-c2ccccc2)c2c1CN(C(=O)c1ccncc1)CC2. The molecule has 4 rings (SSSR count). The fourth-order valence-electron chi connectivity index (χ4n) is 3.42. The summed E-state index contributed by atoms with van der Waals surface area (Å²) in [5.74, 6) is -0.554. The summed E-state index contributed by atoms with van der Waals surface area (Å²) in [6, 6.07) is 13.0. The highest BCUT2D eigenvalue weighted by Gasteiger charge is 2.31. The van der Waals surface area contributed by atoms with E-state index >= 15 is 0 Å². The van der Waals surface area contributed by atoms with Crippen LogP contribution in [0.5, 0.6) is 0 Å². The zero-order chi connectivity index (χ0) is 19.5. The van der Waals surface area contributed by atoms with Crippen LogP contribution in [0, 0.1) is 0 Å². The molecule has 0 unspecified atom stereocenters. The molecular weight excluding hydrogens is 356 g/mol. The molecule has 0 spiro atoms. The number of ether oxygens (including phenoxy) is 1. The van der Waals surface area contributed by atoms with Crippen molar-refractivity contribution in [2.24, 2.45) is 0 Å². The number of hydrogen-bond donors (Lipinski definition) is 0. The lowest BCUT2D eigenvalue weighted by Gasteiger charge is -2.28. The number of carbonyl (C=O) groups is 2. The van der Waals surface area contributed by atoms with Crippen LogP contribution in [0.3, 0.4) is 0 Å². The number of para-hydroxylation sites is 1. The molecular formula is C21H20N4O3. The van der Waals surface area contributed by atoms with Gasteiger partial charge in [-0.15, -0.1) is 0 Å². The van der Waals surface area contributed by atoms with Crippen molar-refractivity contribution in [2.75, 3.05) is 13.2 Å². The molecule has 0 saturated heterocycles. The highest BCUT2D eigenvalue weighted by molar-refractivity contribution is 5.95. The minimum Gasteiger partial charge on any atom is -0.461 e. The molecule has 7 nitrogen and oxygen atoms in total. The van der Waals surface area contributed by atoms with Crippen molar-refractivity contribution in [3.63, 3.8) is 0 Å². The molecule has 28 heavy (non-hydrogen) atoms. The van der Waals surface area contributed by atoms with E-state index in [0.717, 1.165) is 16.9 Å². The predicted molar refractivity (Wildman–Crippen MR) is 102 cm³/mol. The number of aromatic nitrogens is 3. The topological polar surface area (TPSA) is 77.3 Å². The van der Waals surface area contributed by atoms with Gasteiger partial charge in [0.05, 0.1) is 24.5 Å². The first-order chi connectivity index (χ1) is 13.7. The van der Waals surface area contributed by atoms with Gasteiger partial charge in [-0.2, -0.15) is 5.10 Å². The summed E-state index contributed by atoms with van der Waals surface area (Å²) in [7, 11) is 0. The second-order valence-electron chi connectivity index (χ2n) is 6.45. The van der Waals surface area contributed by atoms with Crippen molar-refractivity contribution in [3.8, 4) is 5.69 Å². The van der Waals surface area contributed by atoms with Crippen LogP contribution in [0.2, 0.25) is 0 Å². The van der Waals surface area contributed by atoms with Crippen LogP contribution in [-0.2, 0) is 17.7 Å². The first kappa shape index (κ1) is 17.9. The number of nitrogens with zero attached hydrogens (tertiary/aromatic N) is 4. The summed E-state index contributed by atoms with van der Waals surface area (Å²) in [4.78, 5) is 31.0. The van der Waals surface area contributed by atoms with Crippen LogP contribution >= 0.6 is 0 Å². The third kappa shape index (κ3) is 3.26. The minimum absolute atomic E-state index is 0.0877. The Morgan fingerprint density at radius 3 is 2.57 bits per heavy atom. The number of benzene rings is 1. The summed E-state index contributed by atoms with van der Waals surface area (Å²) >= 11 is 0. The monoisotopic (exact) mass is 376 g/mol. The summed E-state index contributed by atoms with van der Waals surface area (Å²) in [5, 5.41) is 4.54. The normalized spacial score (nSPS) is 13.1. The Morgan fingerprint density at radius 1 is 1.11 bits per heavy atom. The van der Waals surface area contributed by atoms with Crippen molar-refractivity contribution in [1.29, 1.82) is 0 Å². The molecule has 2 aromatic heterocycles. The Bertz CT molecular complexity index is 999. The van der Waals surface area contributed by atoms with Gasteiger partial charge in [0.15, 0.2) is 5.69 Å². The van der Waals surface area contributed by atoms with Crippen molar-refractivity contribution >= 4 is 11.9 Å². The van der Waals surface area contributed by atoms with Gasteiger partial charge in [-0.25, -0.2) is 9.48 Å². The summed E-state index contributed by atoms with van der Waals surface area (Å²) in [5.41, 5.74) is 3.41. The van der Waals surface area contributed by atoms with Crippen LogP contribution in [0.1, 0.15) is 39.0 Å². The number of esters is 1. The maximum absolute atomic E-state index is 12.8. The molecule has 3 aromatic rings. The van der Waals surface area contributed by atoms with Crippen molar-refractivity contribution in [2.45, 2.75) is 19.9 Å². The molecule has 0 bridgehead atoms. The quantitative estimate of drug-likeness (QED) is 0.654. The third-order valence-electron chi connectivity index (χ3n) is 4.74. The lowest BCUT2D eigenvalue weighted by molar-refractivity contribution is 0.0513. The number of carbonyl (C=O) groups excluding carboxylic acids is 2. The second kappa shape index (κ2) is 7.64. The first-order valence-electron chi connectivity index (χ1n) is 9.21. The molecule has 7 heteroatoms. The largest absolute Gasteiger partial charge is 0.461 e. The van der Waals surface area contributed by atoms with E-state index in [0.29, 0.717) is 25.1 Å². The van der Waals surface area contributed by atoms with Gasteiger partial charge in [-0.3, -0.25) is 9.78 Å². The molecule has 3 heterocycles. The molecule has 0 N–H and O–H groups in total. The molecule has 1 amide bonds. The van der Waals surface area contributed by atoms with Crippen LogP contribution in [0.4, 0.5) is 0 Å². The molecule has 0 atom stereocenters. The predicted octanol–water partition coefficient (Wildman–Crippen LogP) is 2.64. The minimum atomic E-state index is -0.466. The van der Waals surface area contributed by atoms with Gasteiger partial charge >= 0.3 is 5.97 Å². The van der Waals surface area contributed by atoms with E-state index in [2.05, 4.69) is 10.1 Å². The average molecular weight is 376 g/mol. The van der Waals surface area contributed by atoms with Crippen LogP contribution in [0.15, 0.2) is 54.9 Å². The van der Waals surface area contributed by atoms with Crippen LogP contribution < -0.4 is 0 Å². The lowest BCUT2D eigenvalue weighted by Crippen LogP contribution is -2.36. The highest BCUT2D eigenvalue weighted by atomic mass is 16.5. The lowest BCUT2D eigenvalue weighted by atomic mass is 10.0. The van der Waals surface area contributed by atoms with Crippen molar-refractivity contribution in [3.05, 3.63) is 77.4 Å². The van der Waals surface area contributed by atoms with Gasteiger partial charge in [0, 0.05) is 36.5 Å². The fourth-order valence-corrected chi connectivity index (χ4v) is 3.42. The van der Waals surface area contributed by atoms with E-state index in [1.165, 1.54) is 0 Å². The second-order valence-corrected chi connectivity index (χ2v) is 6.45. The van der Waals surface area contributed by atoms with Gasteiger partial charge in [0.2, 0.25) is 0 Å². The molecule has 0 fully saturated rings. The van der Waals surface area contributed by atoms with Gasteiger partial charge < -0.3 is 9.64 Å². The van der Waals surface area contributed by atoms with Crippen molar-refractivity contribution in [1.82, 2.24) is 19.7 Å². The number of amides is 1. The molecule has 1 aliphatic rings. The zero-order valence-electron chi connectivity index (χ0n) is 15.5. The summed E-state index contributed by atoms with van der Waals surface area (Å²) in [6.07, 6.45) is 3.80. The fraction of sp³-hybridized carbons (Fsp3) is 0.238. The van der Waals surface area contributed by atoms with Gasteiger partial charge in [-0.05, 0) is 31.2 Å². The average Bonchev–Trinajstić information content (AvgIpc) is 3.13. The van der Waals surface area contributed by atoms with Gasteiger partial charge in [-0.1, -0.05) is 18.2 Å². The Kier molecular flexibility index (Phi) is 4.89. The summed E-state index contributed by atoms with van der Waals surface area (Å²) in [6.45, 7) is 2.90. The first-order valence-corrected chi connectivity index (χ1v) is 9.21. The van der Waals surface area contributed by atoms with E-state index in [1.54, 1.807) is 41.0 Å². The van der Waals surface area contributed by atoms with Gasteiger partial charge in [0.25, 0.3) is 5.91 Å². The Labute approximate surface area is 162 Å². The zero-order valence-corrected chi connectivity index (χ0v) is 15.5. The van der Waals surface area contributed by atoms with Crippen LogP contribution in [0.25, 0.3) is 5.69 Å². The van der Waals surface area contributed by atoms with E-state index < -0.39 is 5.97 Å². The number of pyridine rings is 1. The molecule has 0 saturated carbocycles. The standard InChI is InChI=1S/C21H20N4O3/c1-2-28-21(27)19-17-14-24(20(26)15-8-11-22-12-9-15)13-10-18(17)25(23-19)16-6-4-3-5-7-16/h3-9,11-12H,2,10,13-14H2,1H3. The van der Waals surface area contributed by atoms with Gasteiger partial charge in [0.1, 0.15) is 0 Å². The maximum Gasteiger partial charge on any atom is 0.359 e. The van der Waals surface area contributed by atoms with E-state index in [1.807, 2.05) is 30.3 Å². The number of hydrogen-bond acceptors (Lipinski definition) is 5. The van der Waals surface area contributed by atoms with E-state index in [-0.39, 0.29) is 18.2 Å². The molecule has 0 radical (unpaired) electrons. The summed E-state index contributed by atoms with van der Waals surface area (Å²) < 4.78 is 6.98. The number of fused-ring (bicyclic) bond motifs is 1. The Morgan fingerprint density at radius 2 is 1.86 bits per heavy atom. The molecule has 1 aromatic carbocycles. The Balaban J connectivity index is 1.72. The van der Waals surface area contributed by atoms with E-state index in [4.69, 9.17) is 4.74 Å². The molecule has 0 aliphatic carbocycles. The Hall–Kier alpha value is -3.48. The molecule has 142 valence electrons. The van der Waals surface area contributed by atoms with E-state index in [9.17, 15) is 9.59 Å². The number of rotatable bonds is 4.